The van der Waals surface area contributed by atoms with Crippen LogP contribution in [0.1, 0.15) is 62.6 Å². The molecule has 2 fully saturated rings. The molecule has 4 atom stereocenters. The lowest BCUT2D eigenvalue weighted by molar-refractivity contribution is -0.159. The highest BCUT2D eigenvalue weighted by Gasteiger charge is 2.51. The van der Waals surface area contributed by atoms with Gasteiger partial charge in [-0.05, 0) is 50.2 Å². The Bertz CT molecular complexity index is 843. The number of hydrogen-bond donors (Lipinski definition) is 1. The van der Waals surface area contributed by atoms with Crippen molar-refractivity contribution in [2.45, 2.75) is 64.0 Å². The van der Waals surface area contributed by atoms with Crippen LogP contribution in [0.25, 0.3) is 0 Å². The smallest absolute Gasteiger partial charge is 0.329 e. The minimum atomic E-state index is -1.01. The van der Waals surface area contributed by atoms with Crippen molar-refractivity contribution in [1.82, 2.24) is 10.2 Å². The van der Waals surface area contributed by atoms with E-state index in [1.165, 1.54) is 12.5 Å². The predicted octanol–water partition coefficient (Wildman–Crippen LogP) is 2.29. The molecule has 4 rings (SSSR count). The van der Waals surface area contributed by atoms with Crippen LogP contribution in [0.3, 0.4) is 0 Å². The standard InChI is InChI=1S/C23H28N2O5/c1-14(25-21(27)17-10-4-5-11-18(17)22(25)28)23(29)30-13-20(26)24-19-12-6-8-15-7-2-3-9-16(15)19/h2-3,7,9,14,17-19H,4-6,8,10-13H2,1H3,(H,24,26)/t14-,17-,18-,19-/m0/s1. The summed E-state index contributed by atoms with van der Waals surface area (Å²) in [6.45, 7) is 1.07. The Labute approximate surface area is 176 Å². The molecule has 1 heterocycles. The van der Waals surface area contributed by atoms with Crippen molar-refractivity contribution >= 4 is 23.7 Å². The van der Waals surface area contributed by atoms with Gasteiger partial charge in [-0.25, -0.2) is 4.79 Å². The number of likely N-dealkylation sites (tertiary alicyclic amines) is 1. The van der Waals surface area contributed by atoms with Gasteiger partial charge in [-0.3, -0.25) is 19.3 Å². The number of benzene rings is 1. The van der Waals surface area contributed by atoms with Crippen molar-refractivity contribution in [2.24, 2.45) is 11.8 Å². The summed E-state index contributed by atoms with van der Waals surface area (Å²) in [5.41, 5.74) is 2.33. The fourth-order valence-electron chi connectivity index (χ4n) is 5.07. The Balaban J connectivity index is 1.32. The second-order valence-electron chi connectivity index (χ2n) is 8.54. The average molecular weight is 412 g/mol. The van der Waals surface area contributed by atoms with E-state index < -0.39 is 18.6 Å². The van der Waals surface area contributed by atoms with Crippen LogP contribution in [-0.2, 0) is 30.3 Å². The Kier molecular flexibility index (Phi) is 5.88. The molecule has 1 saturated heterocycles. The van der Waals surface area contributed by atoms with E-state index in [0.717, 1.165) is 42.6 Å². The Morgan fingerprint density at radius 1 is 1.07 bits per heavy atom. The SMILES string of the molecule is C[C@@H](C(=O)OCC(=O)N[C@H]1CCCc2ccccc21)N1C(=O)[C@H]2CCCC[C@@H]2C1=O. The number of ether oxygens (including phenoxy) is 1. The highest BCUT2D eigenvalue weighted by Crippen LogP contribution is 2.39. The molecule has 0 bridgehead atoms. The van der Waals surface area contributed by atoms with Gasteiger partial charge in [0.25, 0.3) is 5.91 Å². The minimum absolute atomic E-state index is 0.0940. The van der Waals surface area contributed by atoms with Crippen molar-refractivity contribution in [1.29, 1.82) is 0 Å². The molecular formula is C23H28N2O5. The fraction of sp³-hybridized carbons (Fsp3) is 0.565. The molecule has 0 aromatic heterocycles. The summed E-state index contributed by atoms with van der Waals surface area (Å²) in [5, 5.41) is 2.93. The van der Waals surface area contributed by atoms with Crippen molar-refractivity contribution in [3.63, 3.8) is 0 Å². The highest BCUT2D eigenvalue weighted by molar-refractivity contribution is 6.07. The van der Waals surface area contributed by atoms with Gasteiger partial charge >= 0.3 is 5.97 Å². The van der Waals surface area contributed by atoms with Gasteiger partial charge < -0.3 is 10.1 Å². The molecule has 1 aromatic carbocycles. The van der Waals surface area contributed by atoms with Crippen LogP contribution in [0.5, 0.6) is 0 Å². The van der Waals surface area contributed by atoms with Gasteiger partial charge in [-0.1, -0.05) is 37.1 Å². The van der Waals surface area contributed by atoms with Gasteiger partial charge in [0.2, 0.25) is 11.8 Å². The van der Waals surface area contributed by atoms with Crippen LogP contribution in [0.15, 0.2) is 24.3 Å². The van der Waals surface area contributed by atoms with E-state index in [1.807, 2.05) is 18.2 Å². The molecule has 7 heteroatoms. The molecule has 0 unspecified atom stereocenters. The number of aryl methyl sites for hydroxylation is 1. The first-order valence-corrected chi connectivity index (χ1v) is 10.9. The van der Waals surface area contributed by atoms with Crippen LogP contribution in [0.2, 0.25) is 0 Å². The van der Waals surface area contributed by atoms with Gasteiger partial charge in [-0.15, -0.1) is 0 Å². The minimum Gasteiger partial charge on any atom is -0.454 e. The summed E-state index contributed by atoms with van der Waals surface area (Å²) in [6.07, 6.45) is 6.06. The molecule has 3 amide bonds. The predicted molar refractivity (Wildman–Crippen MR) is 108 cm³/mol. The normalized spacial score (nSPS) is 26.6. The first kappa shape index (κ1) is 20.6. The number of esters is 1. The van der Waals surface area contributed by atoms with E-state index in [4.69, 9.17) is 4.74 Å². The summed E-state index contributed by atoms with van der Waals surface area (Å²) in [6, 6.07) is 6.91. The molecule has 1 saturated carbocycles. The van der Waals surface area contributed by atoms with Gasteiger partial charge in [-0.2, -0.15) is 0 Å². The topological polar surface area (TPSA) is 92.8 Å². The number of imide groups is 1. The fourth-order valence-corrected chi connectivity index (χ4v) is 5.07. The Morgan fingerprint density at radius 3 is 2.43 bits per heavy atom. The molecule has 0 radical (unpaired) electrons. The number of carbonyl (C=O) groups excluding carboxylic acids is 4. The van der Waals surface area contributed by atoms with E-state index in [2.05, 4.69) is 11.4 Å². The molecule has 30 heavy (non-hydrogen) atoms. The Hall–Kier alpha value is -2.70. The molecule has 2 aliphatic carbocycles. The maximum absolute atomic E-state index is 12.6. The van der Waals surface area contributed by atoms with E-state index in [0.29, 0.717) is 12.8 Å². The summed E-state index contributed by atoms with van der Waals surface area (Å²) >= 11 is 0. The third-order valence-corrected chi connectivity index (χ3v) is 6.65. The molecule has 1 aromatic rings. The monoisotopic (exact) mass is 412 g/mol. The molecule has 1 N–H and O–H groups in total. The zero-order valence-electron chi connectivity index (χ0n) is 17.3. The number of hydrogen-bond acceptors (Lipinski definition) is 5. The number of nitrogens with zero attached hydrogens (tertiary/aromatic N) is 1. The highest BCUT2D eigenvalue weighted by atomic mass is 16.5. The van der Waals surface area contributed by atoms with Crippen LogP contribution < -0.4 is 5.32 Å². The zero-order valence-corrected chi connectivity index (χ0v) is 17.3. The molecule has 160 valence electrons. The largest absolute Gasteiger partial charge is 0.454 e. The summed E-state index contributed by atoms with van der Waals surface area (Å²) < 4.78 is 5.16. The number of carbonyl (C=O) groups is 4. The molecule has 1 aliphatic heterocycles. The lowest BCUT2D eigenvalue weighted by Crippen LogP contribution is -2.45. The van der Waals surface area contributed by atoms with Crippen LogP contribution in [-0.4, -0.2) is 41.2 Å². The third kappa shape index (κ3) is 3.85. The number of rotatable bonds is 5. The average Bonchev–Trinajstić information content (AvgIpc) is 3.02. The van der Waals surface area contributed by atoms with Gasteiger partial charge in [0.05, 0.1) is 17.9 Å². The van der Waals surface area contributed by atoms with E-state index >= 15 is 0 Å². The quantitative estimate of drug-likeness (QED) is 0.592. The molecule has 3 aliphatic rings. The van der Waals surface area contributed by atoms with E-state index in [-0.39, 0.29) is 35.6 Å². The molecular weight excluding hydrogens is 384 g/mol. The summed E-state index contributed by atoms with van der Waals surface area (Å²) in [5.74, 6) is -2.29. The van der Waals surface area contributed by atoms with Crippen LogP contribution in [0.4, 0.5) is 0 Å². The van der Waals surface area contributed by atoms with E-state index in [9.17, 15) is 19.2 Å². The van der Waals surface area contributed by atoms with Crippen LogP contribution >= 0.6 is 0 Å². The number of nitrogens with one attached hydrogen (secondary N) is 1. The van der Waals surface area contributed by atoms with Gasteiger partial charge in [0.1, 0.15) is 6.04 Å². The van der Waals surface area contributed by atoms with Crippen molar-refractivity contribution in [2.75, 3.05) is 6.61 Å². The molecule has 7 nitrogen and oxygen atoms in total. The lowest BCUT2D eigenvalue weighted by atomic mass is 9.81. The van der Waals surface area contributed by atoms with Crippen molar-refractivity contribution in [3.05, 3.63) is 35.4 Å². The second-order valence-corrected chi connectivity index (χ2v) is 8.54. The second kappa shape index (κ2) is 8.58. The maximum Gasteiger partial charge on any atom is 0.329 e. The lowest BCUT2D eigenvalue weighted by Gasteiger charge is -2.26. The van der Waals surface area contributed by atoms with E-state index in [1.54, 1.807) is 0 Å². The first-order valence-electron chi connectivity index (χ1n) is 10.9. The number of amides is 3. The van der Waals surface area contributed by atoms with Gasteiger partial charge in [0.15, 0.2) is 6.61 Å². The van der Waals surface area contributed by atoms with Crippen LogP contribution in [0, 0.1) is 11.8 Å². The summed E-state index contributed by atoms with van der Waals surface area (Å²) in [4.78, 5) is 51.2. The van der Waals surface area contributed by atoms with Crippen molar-refractivity contribution in [3.8, 4) is 0 Å². The third-order valence-electron chi connectivity index (χ3n) is 6.65. The molecule has 0 spiro atoms. The Morgan fingerprint density at radius 2 is 1.73 bits per heavy atom. The zero-order chi connectivity index (χ0) is 21.3. The maximum atomic E-state index is 12.6. The number of fused-ring (bicyclic) bond motifs is 2. The van der Waals surface area contributed by atoms with Gasteiger partial charge in [0, 0.05) is 0 Å². The van der Waals surface area contributed by atoms with Crippen molar-refractivity contribution < 1.29 is 23.9 Å². The summed E-state index contributed by atoms with van der Waals surface area (Å²) in [7, 11) is 0. The first-order chi connectivity index (χ1) is 14.5.